The molecule has 2 aromatic heterocycles. The van der Waals surface area contributed by atoms with Crippen LogP contribution in [-0.2, 0) is 17.9 Å². The lowest BCUT2D eigenvalue weighted by Crippen LogP contribution is -2.10. The van der Waals surface area contributed by atoms with E-state index in [1.54, 1.807) is 36.9 Å². The normalized spacial score (nSPS) is 10.8. The van der Waals surface area contributed by atoms with Gasteiger partial charge < -0.3 is 18.9 Å². The average molecular weight is 250 g/mol. The number of aryl methyl sites for hydroxylation is 1. The number of ether oxygens (including phenoxy) is 1. The lowest BCUT2D eigenvalue weighted by Gasteiger charge is -2.03. The fourth-order valence-corrected chi connectivity index (χ4v) is 1.82. The Labute approximate surface area is 104 Å². The van der Waals surface area contributed by atoms with E-state index in [0.29, 0.717) is 24.6 Å². The molecule has 0 unspecified atom stereocenters. The molecule has 18 heavy (non-hydrogen) atoms. The Balaban J connectivity index is 2.20. The van der Waals surface area contributed by atoms with Crippen LogP contribution in [0.2, 0.25) is 0 Å². The molecular weight excluding hydrogens is 236 g/mol. The van der Waals surface area contributed by atoms with Gasteiger partial charge in [-0.15, -0.1) is 0 Å². The number of carbonyl (C=O) groups is 1. The number of carboxylic acids is 1. The first kappa shape index (κ1) is 12.4. The molecule has 6 heteroatoms. The Morgan fingerprint density at radius 2 is 2.39 bits per heavy atom. The van der Waals surface area contributed by atoms with Crippen LogP contribution in [0.25, 0.3) is 0 Å². The van der Waals surface area contributed by atoms with Crippen molar-refractivity contribution in [2.45, 2.75) is 20.1 Å². The highest BCUT2D eigenvalue weighted by Crippen LogP contribution is 2.13. The largest absolute Gasteiger partial charge is 0.477 e. The predicted molar refractivity (Wildman–Crippen MR) is 62.4 cm³/mol. The minimum Gasteiger partial charge on any atom is -0.477 e. The second-order valence-corrected chi connectivity index (χ2v) is 4.00. The quantitative estimate of drug-likeness (QED) is 0.873. The average Bonchev–Trinajstić information content (AvgIpc) is 2.87. The van der Waals surface area contributed by atoms with Crippen molar-refractivity contribution in [3.63, 3.8) is 0 Å². The molecule has 1 N–H and O–H groups in total. The standard InChI is InChI=1S/C12H14N2O4/c1-8-3-4-14(11(8)12(15)16)6-9-5-10(7-17-2)18-13-9/h3-5H,6-7H2,1-2H3,(H,15,16). The topological polar surface area (TPSA) is 77.5 Å². The minimum atomic E-state index is -0.946. The molecule has 2 aromatic rings. The molecule has 0 saturated heterocycles. The van der Waals surface area contributed by atoms with Gasteiger partial charge in [0.2, 0.25) is 0 Å². The maximum absolute atomic E-state index is 11.1. The van der Waals surface area contributed by atoms with Crippen molar-refractivity contribution in [3.8, 4) is 0 Å². The lowest BCUT2D eigenvalue weighted by molar-refractivity contribution is 0.0685. The summed E-state index contributed by atoms with van der Waals surface area (Å²) in [5, 5.41) is 13.0. The van der Waals surface area contributed by atoms with E-state index in [2.05, 4.69) is 5.16 Å². The van der Waals surface area contributed by atoms with E-state index >= 15 is 0 Å². The molecule has 0 atom stereocenters. The third-order valence-corrected chi connectivity index (χ3v) is 2.59. The van der Waals surface area contributed by atoms with E-state index < -0.39 is 5.97 Å². The van der Waals surface area contributed by atoms with Crippen molar-refractivity contribution in [2.24, 2.45) is 0 Å². The highest BCUT2D eigenvalue weighted by atomic mass is 16.5. The molecule has 0 radical (unpaired) electrons. The van der Waals surface area contributed by atoms with Gasteiger partial charge in [0.05, 0.1) is 6.54 Å². The lowest BCUT2D eigenvalue weighted by atomic mass is 10.2. The van der Waals surface area contributed by atoms with Gasteiger partial charge in [0.25, 0.3) is 0 Å². The molecule has 0 saturated carbocycles. The summed E-state index contributed by atoms with van der Waals surface area (Å²) >= 11 is 0. The Hall–Kier alpha value is -2.08. The third kappa shape index (κ3) is 2.43. The third-order valence-electron chi connectivity index (χ3n) is 2.59. The highest BCUT2D eigenvalue weighted by Gasteiger charge is 2.14. The Morgan fingerprint density at radius 3 is 3.06 bits per heavy atom. The summed E-state index contributed by atoms with van der Waals surface area (Å²) in [6.07, 6.45) is 1.73. The summed E-state index contributed by atoms with van der Waals surface area (Å²) in [5.74, 6) is -0.327. The number of methoxy groups -OCH3 is 1. The van der Waals surface area contributed by atoms with Crippen molar-refractivity contribution in [1.29, 1.82) is 0 Å². The van der Waals surface area contributed by atoms with Crippen LogP contribution in [0.1, 0.15) is 27.5 Å². The van der Waals surface area contributed by atoms with Gasteiger partial charge in [-0.25, -0.2) is 4.79 Å². The fourth-order valence-electron chi connectivity index (χ4n) is 1.82. The molecule has 6 nitrogen and oxygen atoms in total. The molecular formula is C12H14N2O4. The van der Waals surface area contributed by atoms with Crippen molar-refractivity contribution in [1.82, 2.24) is 9.72 Å². The molecule has 0 bridgehead atoms. The minimum absolute atomic E-state index is 0.270. The first-order chi connectivity index (χ1) is 8.61. The van der Waals surface area contributed by atoms with Gasteiger partial charge in [-0.2, -0.15) is 0 Å². The number of rotatable bonds is 5. The molecule has 0 aliphatic carbocycles. The van der Waals surface area contributed by atoms with Crippen molar-refractivity contribution >= 4 is 5.97 Å². The maximum atomic E-state index is 11.1. The van der Waals surface area contributed by atoms with Crippen LogP contribution in [0.4, 0.5) is 0 Å². The van der Waals surface area contributed by atoms with Crippen LogP contribution < -0.4 is 0 Å². The van der Waals surface area contributed by atoms with Gasteiger partial charge in [0, 0.05) is 19.4 Å². The summed E-state index contributed by atoms with van der Waals surface area (Å²) in [4.78, 5) is 11.1. The zero-order chi connectivity index (χ0) is 13.1. The number of hydrogen-bond donors (Lipinski definition) is 1. The van der Waals surface area contributed by atoms with E-state index in [1.165, 1.54) is 0 Å². The predicted octanol–water partition coefficient (Wildman–Crippen LogP) is 1.68. The summed E-state index contributed by atoms with van der Waals surface area (Å²) in [6, 6.07) is 3.52. The van der Waals surface area contributed by atoms with Crippen molar-refractivity contribution in [3.05, 3.63) is 41.0 Å². The fraction of sp³-hybridized carbons (Fsp3) is 0.333. The number of carboxylic acid groups (broad SMARTS) is 1. The first-order valence-electron chi connectivity index (χ1n) is 5.44. The van der Waals surface area contributed by atoms with E-state index in [-0.39, 0.29) is 5.69 Å². The SMILES string of the molecule is COCc1cc(Cn2ccc(C)c2C(=O)O)no1. The van der Waals surface area contributed by atoms with E-state index in [4.69, 9.17) is 14.4 Å². The van der Waals surface area contributed by atoms with E-state index in [0.717, 1.165) is 5.56 Å². The summed E-state index contributed by atoms with van der Waals surface area (Å²) < 4.78 is 11.6. The van der Waals surface area contributed by atoms with Crippen LogP contribution in [0, 0.1) is 6.92 Å². The summed E-state index contributed by atoms with van der Waals surface area (Å²) in [6.45, 7) is 2.48. The summed E-state index contributed by atoms with van der Waals surface area (Å²) in [5.41, 5.74) is 1.66. The molecule has 2 rings (SSSR count). The summed E-state index contributed by atoms with van der Waals surface area (Å²) in [7, 11) is 1.57. The van der Waals surface area contributed by atoms with Crippen LogP contribution in [0.5, 0.6) is 0 Å². The first-order valence-corrected chi connectivity index (χ1v) is 5.44. The Bertz CT molecular complexity index is 556. The molecule has 0 aliphatic rings. The van der Waals surface area contributed by atoms with Crippen LogP contribution >= 0.6 is 0 Å². The van der Waals surface area contributed by atoms with Gasteiger partial charge in [0.1, 0.15) is 18.0 Å². The Kier molecular flexibility index (Phi) is 3.47. The number of aromatic nitrogens is 2. The zero-order valence-corrected chi connectivity index (χ0v) is 10.2. The second kappa shape index (κ2) is 5.05. The molecule has 0 aliphatic heterocycles. The van der Waals surface area contributed by atoms with Crippen LogP contribution in [-0.4, -0.2) is 27.9 Å². The van der Waals surface area contributed by atoms with Crippen LogP contribution in [0.15, 0.2) is 22.9 Å². The molecule has 96 valence electrons. The molecule has 2 heterocycles. The van der Waals surface area contributed by atoms with Crippen molar-refractivity contribution in [2.75, 3.05) is 7.11 Å². The van der Waals surface area contributed by atoms with Gasteiger partial charge in [0.15, 0.2) is 5.76 Å². The maximum Gasteiger partial charge on any atom is 0.352 e. The smallest absolute Gasteiger partial charge is 0.352 e. The van der Waals surface area contributed by atoms with Crippen molar-refractivity contribution < 1.29 is 19.2 Å². The molecule has 0 amide bonds. The van der Waals surface area contributed by atoms with Gasteiger partial charge in [-0.1, -0.05) is 5.16 Å². The van der Waals surface area contributed by atoms with Gasteiger partial charge in [-0.3, -0.25) is 0 Å². The molecule has 0 aromatic carbocycles. The van der Waals surface area contributed by atoms with Gasteiger partial charge in [-0.05, 0) is 18.6 Å². The Morgan fingerprint density at radius 1 is 1.61 bits per heavy atom. The zero-order valence-electron chi connectivity index (χ0n) is 10.2. The van der Waals surface area contributed by atoms with Gasteiger partial charge >= 0.3 is 5.97 Å². The highest BCUT2D eigenvalue weighted by molar-refractivity contribution is 5.87. The van der Waals surface area contributed by atoms with Crippen LogP contribution in [0.3, 0.4) is 0 Å². The number of hydrogen-bond acceptors (Lipinski definition) is 4. The number of nitrogens with zero attached hydrogens (tertiary/aromatic N) is 2. The molecule has 0 spiro atoms. The monoisotopic (exact) mass is 250 g/mol. The molecule has 0 fully saturated rings. The second-order valence-electron chi connectivity index (χ2n) is 4.00. The van der Waals surface area contributed by atoms with E-state index in [9.17, 15) is 4.79 Å². The number of aromatic carboxylic acids is 1. The van der Waals surface area contributed by atoms with E-state index in [1.807, 2.05) is 0 Å².